The summed E-state index contributed by atoms with van der Waals surface area (Å²) in [6.07, 6.45) is 2.99. The monoisotopic (exact) mass is 331 g/mol. The van der Waals surface area contributed by atoms with E-state index >= 15 is 0 Å². The Hall–Kier alpha value is -0.390. The third-order valence-corrected chi connectivity index (χ3v) is 5.28. The van der Waals surface area contributed by atoms with Gasteiger partial charge in [-0.25, -0.2) is 0 Å². The first kappa shape index (κ1) is 14.0. The quantitative estimate of drug-likeness (QED) is 0.916. The molecule has 100 valence electrons. The molecule has 1 fully saturated rings. The second-order valence-electron chi connectivity index (χ2n) is 4.83. The molecule has 1 aromatic rings. The minimum Gasteiger partial charge on any atom is -0.480 e. The summed E-state index contributed by atoms with van der Waals surface area (Å²) in [5, 5.41) is 9.36. The van der Waals surface area contributed by atoms with Gasteiger partial charge in [0.05, 0.1) is 3.79 Å². The summed E-state index contributed by atoms with van der Waals surface area (Å²) in [7, 11) is 0. The zero-order chi connectivity index (χ0) is 13.1. The van der Waals surface area contributed by atoms with E-state index in [2.05, 4.69) is 33.8 Å². The lowest BCUT2D eigenvalue weighted by atomic mass is 9.89. The van der Waals surface area contributed by atoms with Gasteiger partial charge in [0.15, 0.2) is 0 Å². The predicted octanol–water partition coefficient (Wildman–Crippen LogP) is 3.59. The van der Waals surface area contributed by atoms with Crippen LogP contribution in [-0.2, 0) is 11.3 Å². The molecule has 0 radical (unpaired) electrons. The fourth-order valence-corrected chi connectivity index (χ4v) is 4.05. The van der Waals surface area contributed by atoms with Gasteiger partial charge in [-0.2, -0.15) is 0 Å². The highest BCUT2D eigenvalue weighted by atomic mass is 79.9. The number of likely N-dealkylation sites (tertiary alicyclic amines) is 1. The van der Waals surface area contributed by atoms with E-state index in [9.17, 15) is 9.90 Å². The van der Waals surface area contributed by atoms with Crippen molar-refractivity contribution in [2.24, 2.45) is 5.92 Å². The van der Waals surface area contributed by atoms with E-state index in [-0.39, 0.29) is 6.04 Å². The van der Waals surface area contributed by atoms with Crippen molar-refractivity contribution in [1.29, 1.82) is 0 Å². The van der Waals surface area contributed by atoms with Crippen molar-refractivity contribution in [2.75, 3.05) is 6.54 Å². The second kappa shape index (κ2) is 6.17. The Kier molecular flexibility index (Phi) is 4.81. The lowest BCUT2D eigenvalue weighted by Gasteiger charge is -2.36. The van der Waals surface area contributed by atoms with Crippen LogP contribution in [0.3, 0.4) is 0 Å². The minimum atomic E-state index is -0.677. The van der Waals surface area contributed by atoms with Crippen LogP contribution in [0.25, 0.3) is 0 Å². The minimum absolute atomic E-state index is 0.315. The van der Waals surface area contributed by atoms with Crippen LogP contribution >= 0.6 is 27.3 Å². The van der Waals surface area contributed by atoms with Gasteiger partial charge in [-0.05, 0) is 53.4 Å². The van der Waals surface area contributed by atoms with E-state index in [0.717, 1.165) is 36.1 Å². The molecule has 18 heavy (non-hydrogen) atoms. The molecule has 2 heterocycles. The number of hydrogen-bond acceptors (Lipinski definition) is 3. The van der Waals surface area contributed by atoms with Gasteiger partial charge in [0.1, 0.15) is 6.04 Å². The number of hydrogen-bond donors (Lipinski definition) is 1. The highest BCUT2D eigenvalue weighted by Gasteiger charge is 2.32. The largest absolute Gasteiger partial charge is 0.480 e. The first-order valence-electron chi connectivity index (χ1n) is 6.31. The first-order valence-corrected chi connectivity index (χ1v) is 7.92. The Morgan fingerprint density at radius 2 is 2.39 bits per heavy atom. The van der Waals surface area contributed by atoms with Gasteiger partial charge in [-0.3, -0.25) is 9.69 Å². The normalized spacial score (nSPS) is 25.2. The van der Waals surface area contributed by atoms with Crippen LogP contribution < -0.4 is 0 Å². The Bertz CT molecular complexity index is 421. The number of aliphatic carboxylic acids is 1. The van der Waals surface area contributed by atoms with Crippen molar-refractivity contribution in [2.45, 2.75) is 38.8 Å². The maximum absolute atomic E-state index is 11.4. The highest BCUT2D eigenvalue weighted by Crippen LogP contribution is 2.29. The average Bonchev–Trinajstić information content (AvgIpc) is 2.75. The molecule has 1 aromatic heterocycles. The van der Waals surface area contributed by atoms with Gasteiger partial charge < -0.3 is 5.11 Å². The number of thiophene rings is 1. The fourth-order valence-electron chi connectivity index (χ4n) is 2.54. The smallest absolute Gasteiger partial charge is 0.320 e. The van der Waals surface area contributed by atoms with Crippen LogP contribution in [0.4, 0.5) is 0 Å². The molecular formula is C13H18BrNO2S. The van der Waals surface area contributed by atoms with E-state index in [1.54, 1.807) is 11.3 Å². The molecular weight excluding hydrogens is 314 g/mol. The fraction of sp³-hybridized carbons (Fsp3) is 0.615. The van der Waals surface area contributed by atoms with E-state index in [4.69, 9.17) is 0 Å². The van der Waals surface area contributed by atoms with Gasteiger partial charge in [0.25, 0.3) is 0 Å². The number of carbonyl (C=O) groups is 1. The Morgan fingerprint density at radius 3 is 2.94 bits per heavy atom. The van der Waals surface area contributed by atoms with E-state index < -0.39 is 5.97 Å². The molecule has 1 N–H and O–H groups in total. The molecule has 2 unspecified atom stereocenters. The van der Waals surface area contributed by atoms with Gasteiger partial charge in [0.2, 0.25) is 0 Å². The maximum atomic E-state index is 11.4. The predicted molar refractivity (Wildman–Crippen MR) is 76.9 cm³/mol. The van der Waals surface area contributed by atoms with Crippen molar-refractivity contribution < 1.29 is 9.90 Å². The summed E-state index contributed by atoms with van der Waals surface area (Å²) in [5.74, 6) is -0.110. The summed E-state index contributed by atoms with van der Waals surface area (Å²) in [6.45, 7) is 3.80. The number of nitrogens with zero attached hydrogens (tertiary/aromatic N) is 1. The maximum Gasteiger partial charge on any atom is 0.320 e. The highest BCUT2D eigenvalue weighted by molar-refractivity contribution is 9.11. The number of piperidine rings is 1. The summed E-state index contributed by atoms with van der Waals surface area (Å²) in [4.78, 5) is 14.7. The van der Waals surface area contributed by atoms with Crippen LogP contribution in [-0.4, -0.2) is 28.6 Å². The number of halogens is 1. The number of carboxylic acids is 1. The molecule has 0 spiro atoms. The molecule has 0 amide bonds. The lowest BCUT2D eigenvalue weighted by Crippen LogP contribution is -2.46. The molecule has 1 saturated heterocycles. The van der Waals surface area contributed by atoms with E-state index in [1.165, 1.54) is 4.88 Å². The van der Waals surface area contributed by atoms with Crippen molar-refractivity contribution in [3.8, 4) is 0 Å². The summed E-state index contributed by atoms with van der Waals surface area (Å²) >= 11 is 5.13. The van der Waals surface area contributed by atoms with Crippen molar-refractivity contribution in [3.05, 3.63) is 20.8 Å². The summed E-state index contributed by atoms with van der Waals surface area (Å²) in [6, 6.07) is 3.78. The topological polar surface area (TPSA) is 40.5 Å². The van der Waals surface area contributed by atoms with Crippen LogP contribution in [0.5, 0.6) is 0 Å². The van der Waals surface area contributed by atoms with Crippen molar-refractivity contribution >= 4 is 33.2 Å². The summed E-state index contributed by atoms with van der Waals surface area (Å²) in [5.41, 5.74) is 0. The summed E-state index contributed by atoms with van der Waals surface area (Å²) < 4.78 is 1.10. The van der Waals surface area contributed by atoms with Crippen LogP contribution in [0.1, 0.15) is 31.1 Å². The third kappa shape index (κ3) is 3.33. The van der Waals surface area contributed by atoms with E-state index in [1.807, 2.05) is 6.07 Å². The third-order valence-electron chi connectivity index (χ3n) is 3.67. The van der Waals surface area contributed by atoms with Gasteiger partial charge >= 0.3 is 5.97 Å². The molecule has 5 heteroatoms. The molecule has 1 aliphatic heterocycles. The van der Waals surface area contributed by atoms with Crippen LogP contribution in [0, 0.1) is 5.92 Å². The van der Waals surface area contributed by atoms with Crippen LogP contribution in [0.2, 0.25) is 0 Å². The first-order chi connectivity index (χ1) is 8.60. The van der Waals surface area contributed by atoms with Gasteiger partial charge in [-0.1, -0.05) is 13.3 Å². The molecule has 3 nitrogen and oxygen atoms in total. The Morgan fingerprint density at radius 1 is 1.61 bits per heavy atom. The van der Waals surface area contributed by atoms with Crippen molar-refractivity contribution in [3.63, 3.8) is 0 Å². The molecule has 0 bridgehead atoms. The van der Waals surface area contributed by atoms with Gasteiger partial charge in [0, 0.05) is 11.4 Å². The molecule has 0 saturated carbocycles. The zero-order valence-corrected chi connectivity index (χ0v) is 12.8. The Labute approximate surface area is 120 Å². The molecule has 0 aromatic carbocycles. The zero-order valence-electron chi connectivity index (χ0n) is 10.4. The average molecular weight is 332 g/mol. The molecule has 2 rings (SSSR count). The molecule has 0 aliphatic carbocycles. The molecule has 1 aliphatic rings. The Balaban J connectivity index is 2.04. The van der Waals surface area contributed by atoms with Crippen molar-refractivity contribution in [1.82, 2.24) is 4.90 Å². The standard InChI is InChI=1S/C13H18BrNO2S/c1-2-9-5-6-15(11(7-9)13(16)17)8-10-3-4-12(14)18-10/h3-4,9,11H,2,5-8H2,1H3,(H,16,17). The molecule has 2 atom stereocenters. The lowest BCUT2D eigenvalue weighted by molar-refractivity contribution is -0.145. The number of rotatable bonds is 4. The SMILES string of the molecule is CCC1CCN(Cc2ccc(Br)s2)C(C(=O)O)C1. The second-order valence-corrected chi connectivity index (χ2v) is 7.38. The van der Waals surface area contributed by atoms with Crippen LogP contribution in [0.15, 0.2) is 15.9 Å². The number of carboxylic acid groups (broad SMARTS) is 1. The van der Waals surface area contributed by atoms with Gasteiger partial charge in [-0.15, -0.1) is 11.3 Å². The van der Waals surface area contributed by atoms with E-state index in [0.29, 0.717) is 5.92 Å².